The summed E-state index contributed by atoms with van der Waals surface area (Å²) >= 11 is 0. The van der Waals surface area contributed by atoms with Gasteiger partial charge in [-0.2, -0.15) is 0 Å². The summed E-state index contributed by atoms with van der Waals surface area (Å²) in [6.07, 6.45) is 4.16. The smallest absolute Gasteiger partial charge is 0.378 e. The van der Waals surface area contributed by atoms with Gasteiger partial charge >= 0.3 is 11.9 Å². The Morgan fingerprint density at radius 1 is 0.875 bits per heavy atom. The maximum absolute atomic E-state index is 12.2. The van der Waals surface area contributed by atoms with Crippen LogP contribution in [0.4, 0.5) is 0 Å². The van der Waals surface area contributed by atoms with Crippen LogP contribution in [0.5, 0.6) is 0 Å². The molecule has 12 heteroatoms. The molecule has 0 bridgehead atoms. The third-order valence-electron chi connectivity index (χ3n) is 7.25. The first kappa shape index (κ1) is 34.2. The lowest BCUT2D eigenvalue weighted by molar-refractivity contribution is -0.291. The Hall–Kier alpha value is -1.96. The molecule has 1 fully saturated rings. The van der Waals surface area contributed by atoms with Crippen molar-refractivity contribution in [3.63, 3.8) is 0 Å². The zero-order valence-corrected chi connectivity index (χ0v) is 23.5. The molecule has 0 amide bonds. The number of esters is 2. The second-order valence-corrected chi connectivity index (χ2v) is 10.6. The van der Waals surface area contributed by atoms with Crippen LogP contribution >= 0.6 is 0 Å². The molecule has 0 unspecified atom stereocenters. The molecule has 40 heavy (non-hydrogen) atoms. The molecular weight excluding hydrogens is 528 g/mol. The molecule has 0 radical (unpaired) electrons. The van der Waals surface area contributed by atoms with Gasteiger partial charge in [-0.1, -0.05) is 84.0 Å². The highest BCUT2D eigenvalue weighted by Gasteiger charge is 2.48. The second kappa shape index (κ2) is 18.5. The minimum atomic E-state index is -1.82. The summed E-state index contributed by atoms with van der Waals surface area (Å²) < 4.78 is 20.3. The molecule has 232 valence electrons. The topological polar surface area (TPSA) is 192 Å². The van der Waals surface area contributed by atoms with E-state index in [1.54, 1.807) is 0 Å². The quantitative estimate of drug-likeness (QED) is 0.0912. The van der Waals surface area contributed by atoms with E-state index < -0.39 is 79.6 Å². The molecule has 7 atom stereocenters. The number of unbranched alkanes of at least 4 members (excludes halogenated alkanes) is 12. The number of aliphatic hydroxyl groups is 6. The molecule has 1 saturated heterocycles. The third-order valence-corrected chi connectivity index (χ3v) is 7.25. The molecule has 0 aromatic heterocycles. The second-order valence-electron chi connectivity index (χ2n) is 10.6. The highest BCUT2D eigenvalue weighted by molar-refractivity contribution is 5.89. The van der Waals surface area contributed by atoms with E-state index in [0.29, 0.717) is 6.42 Å². The molecular formula is C28H48O12. The van der Waals surface area contributed by atoms with E-state index in [-0.39, 0.29) is 6.42 Å². The standard InChI is InChI=1S/C28H48O12/c1-2-3-4-5-6-7-8-9-10-11-12-13-14-15-20(31)37-17-18(30)25-24(35)26(27(36)39-25)40-28-23(34)22(33)21(32)19(16-29)38-28/h18-19,21-23,25,28-30,32-35H,2-17H2,1H3/t18-,19+,21+,22+,23-,25+,28-/m0/s1. The minimum Gasteiger partial charge on any atom is -0.505 e. The molecule has 0 saturated carbocycles. The van der Waals surface area contributed by atoms with Gasteiger partial charge in [-0.15, -0.1) is 0 Å². The van der Waals surface area contributed by atoms with E-state index in [2.05, 4.69) is 6.92 Å². The van der Waals surface area contributed by atoms with Crippen LogP contribution in [0.2, 0.25) is 0 Å². The van der Waals surface area contributed by atoms with E-state index in [1.165, 1.54) is 57.8 Å². The van der Waals surface area contributed by atoms with Gasteiger partial charge in [0.25, 0.3) is 0 Å². The minimum absolute atomic E-state index is 0.183. The number of hydrogen-bond acceptors (Lipinski definition) is 12. The van der Waals surface area contributed by atoms with E-state index in [1.807, 2.05) is 0 Å². The van der Waals surface area contributed by atoms with Crippen LogP contribution < -0.4 is 0 Å². The SMILES string of the molecule is CCCCCCCCCCCCCCCC(=O)OC[C@H](O)[C@H]1OC(=O)C(O[C@@H]2O[C@H](CO)[C@@H](O)[C@@H](O)[C@@H]2O)=C1O. The number of rotatable bonds is 20. The fourth-order valence-corrected chi connectivity index (χ4v) is 4.73. The zero-order chi connectivity index (χ0) is 29.5. The summed E-state index contributed by atoms with van der Waals surface area (Å²) in [5.74, 6) is -3.31. The van der Waals surface area contributed by atoms with Gasteiger partial charge in [0.1, 0.15) is 37.1 Å². The Bertz CT molecular complexity index is 785. The Morgan fingerprint density at radius 3 is 1.98 bits per heavy atom. The van der Waals surface area contributed by atoms with Gasteiger partial charge in [-0.25, -0.2) is 4.79 Å². The largest absolute Gasteiger partial charge is 0.505 e. The molecule has 0 aromatic carbocycles. The Balaban J connectivity index is 1.62. The number of hydrogen-bond donors (Lipinski definition) is 6. The van der Waals surface area contributed by atoms with Crippen LogP contribution in [-0.2, 0) is 28.5 Å². The van der Waals surface area contributed by atoms with Crippen molar-refractivity contribution >= 4 is 11.9 Å². The van der Waals surface area contributed by atoms with Crippen LogP contribution in [0, 0.1) is 0 Å². The highest BCUT2D eigenvalue weighted by atomic mass is 16.7. The molecule has 0 aliphatic carbocycles. The summed E-state index contributed by atoms with van der Waals surface area (Å²) in [5, 5.41) is 59.7. The van der Waals surface area contributed by atoms with Crippen LogP contribution in [0.15, 0.2) is 11.5 Å². The number of carbonyl (C=O) groups is 2. The lowest BCUT2D eigenvalue weighted by Gasteiger charge is -2.39. The van der Waals surface area contributed by atoms with Crippen LogP contribution in [0.25, 0.3) is 0 Å². The first-order valence-corrected chi connectivity index (χ1v) is 14.7. The van der Waals surface area contributed by atoms with Gasteiger partial charge < -0.3 is 49.6 Å². The lowest BCUT2D eigenvalue weighted by Crippen LogP contribution is -2.59. The molecule has 0 spiro atoms. The summed E-state index contributed by atoms with van der Waals surface area (Å²) in [6, 6.07) is 0. The van der Waals surface area contributed by atoms with E-state index >= 15 is 0 Å². The highest BCUT2D eigenvalue weighted by Crippen LogP contribution is 2.29. The lowest BCUT2D eigenvalue weighted by atomic mass is 9.99. The summed E-state index contributed by atoms with van der Waals surface area (Å²) in [4.78, 5) is 24.2. The van der Waals surface area contributed by atoms with Gasteiger partial charge in [-0.05, 0) is 6.42 Å². The zero-order valence-electron chi connectivity index (χ0n) is 23.5. The van der Waals surface area contributed by atoms with Gasteiger partial charge in [0.2, 0.25) is 12.0 Å². The first-order valence-electron chi connectivity index (χ1n) is 14.7. The summed E-state index contributed by atoms with van der Waals surface area (Å²) in [7, 11) is 0. The molecule has 2 heterocycles. The van der Waals surface area contributed by atoms with Crippen molar-refractivity contribution < 1.29 is 59.2 Å². The fraction of sp³-hybridized carbons (Fsp3) is 0.857. The molecule has 2 aliphatic heterocycles. The first-order chi connectivity index (χ1) is 19.2. The van der Waals surface area contributed by atoms with Crippen molar-refractivity contribution in [3.8, 4) is 0 Å². The van der Waals surface area contributed by atoms with Gasteiger partial charge in [0.05, 0.1) is 6.61 Å². The van der Waals surface area contributed by atoms with Crippen molar-refractivity contribution in [2.24, 2.45) is 0 Å². The monoisotopic (exact) mass is 576 g/mol. The van der Waals surface area contributed by atoms with Crippen LogP contribution in [-0.4, -0.2) is 98.7 Å². The van der Waals surface area contributed by atoms with Crippen LogP contribution in [0.1, 0.15) is 96.8 Å². The van der Waals surface area contributed by atoms with Crippen molar-refractivity contribution in [1.29, 1.82) is 0 Å². The Morgan fingerprint density at radius 2 is 1.43 bits per heavy atom. The molecule has 2 rings (SSSR count). The summed E-state index contributed by atoms with van der Waals surface area (Å²) in [5.41, 5.74) is 0. The number of cyclic esters (lactones) is 1. The van der Waals surface area contributed by atoms with Crippen molar-refractivity contribution in [2.45, 2.75) is 140 Å². The average molecular weight is 577 g/mol. The molecule has 12 nitrogen and oxygen atoms in total. The maximum Gasteiger partial charge on any atom is 0.378 e. The van der Waals surface area contributed by atoms with Crippen molar-refractivity contribution in [3.05, 3.63) is 11.5 Å². The Labute approximate surface area is 235 Å². The fourth-order valence-electron chi connectivity index (χ4n) is 4.73. The van der Waals surface area contributed by atoms with E-state index in [0.717, 1.165) is 19.3 Å². The predicted octanol–water partition coefficient (Wildman–Crippen LogP) is 1.88. The number of aliphatic hydroxyl groups excluding tert-OH is 6. The third kappa shape index (κ3) is 10.8. The average Bonchev–Trinajstić information content (AvgIpc) is 3.22. The van der Waals surface area contributed by atoms with Crippen molar-refractivity contribution in [2.75, 3.05) is 13.2 Å². The van der Waals surface area contributed by atoms with Crippen LogP contribution in [0.3, 0.4) is 0 Å². The number of ether oxygens (including phenoxy) is 4. The molecule has 0 aromatic rings. The number of carbonyl (C=O) groups excluding carboxylic acids is 2. The maximum atomic E-state index is 12.2. The van der Waals surface area contributed by atoms with Gasteiger partial charge in [0, 0.05) is 6.42 Å². The van der Waals surface area contributed by atoms with Gasteiger partial charge in [0.15, 0.2) is 11.9 Å². The molecule has 2 aliphatic rings. The Kier molecular flexibility index (Phi) is 15.8. The van der Waals surface area contributed by atoms with Crippen molar-refractivity contribution in [1.82, 2.24) is 0 Å². The predicted molar refractivity (Wildman–Crippen MR) is 142 cm³/mol. The normalized spacial score (nSPS) is 27.5. The van der Waals surface area contributed by atoms with Gasteiger partial charge in [-0.3, -0.25) is 4.79 Å². The summed E-state index contributed by atoms with van der Waals surface area (Å²) in [6.45, 7) is 0.973. The van der Waals surface area contributed by atoms with E-state index in [9.17, 15) is 40.2 Å². The molecule has 6 N–H and O–H groups in total. The van der Waals surface area contributed by atoms with E-state index in [4.69, 9.17) is 18.9 Å².